The Balaban J connectivity index is 1.70. The number of allylic oxidation sites excluding steroid dienone is 2. The molecular formula is C23H17Cl3N2O4. The number of amides is 3. The van der Waals surface area contributed by atoms with Crippen LogP contribution >= 0.6 is 34.8 Å². The van der Waals surface area contributed by atoms with Crippen molar-refractivity contribution in [3.63, 3.8) is 0 Å². The van der Waals surface area contributed by atoms with Gasteiger partial charge in [0.1, 0.15) is 6.54 Å². The summed E-state index contributed by atoms with van der Waals surface area (Å²) in [6, 6.07) is 10.3. The number of carbonyl (C=O) groups is 4. The second-order valence-corrected chi connectivity index (χ2v) is 8.84. The van der Waals surface area contributed by atoms with E-state index < -0.39 is 41.9 Å². The van der Waals surface area contributed by atoms with Gasteiger partial charge in [0.25, 0.3) is 17.7 Å². The van der Waals surface area contributed by atoms with Gasteiger partial charge in [0.15, 0.2) is 5.78 Å². The van der Waals surface area contributed by atoms with Crippen LogP contribution in [0.5, 0.6) is 0 Å². The molecule has 6 nitrogen and oxygen atoms in total. The van der Waals surface area contributed by atoms with E-state index in [0.29, 0.717) is 22.9 Å². The van der Waals surface area contributed by atoms with E-state index in [2.05, 4.69) is 0 Å². The molecule has 0 spiro atoms. The van der Waals surface area contributed by atoms with Crippen molar-refractivity contribution in [2.24, 2.45) is 11.8 Å². The molecule has 2 atom stereocenters. The highest BCUT2D eigenvalue weighted by Crippen LogP contribution is 2.36. The van der Waals surface area contributed by atoms with Crippen molar-refractivity contribution < 1.29 is 19.2 Å². The number of imide groups is 1. The fourth-order valence-electron chi connectivity index (χ4n) is 3.93. The van der Waals surface area contributed by atoms with Gasteiger partial charge in [-0.3, -0.25) is 19.2 Å². The largest absolute Gasteiger partial charge is 0.292 e. The number of carbonyl (C=O) groups excluding carboxylic acids is 4. The molecule has 0 N–H and O–H groups in total. The summed E-state index contributed by atoms with van der Waals surface area (Å²) >= 11 is 18.0. The number of ketones is 1. The molecule has 32 heavy (non-hydrogen) atoms. The Morgan fingerprint density at radius 2 is 1.44 bits per heavy atom. The summed E-state index contributed by atoms with van der Waals surface area (Å²) < 4.78 is 0. The highest BCUT2D eigenvalue weighted by Gasteiger charge is 2.51. The van der Waals surface area contributed by atoms with Crippen LogP contribution in [-0.2, 0) is 9.59 Å². The van der Waals surface area contributed by atoms with Crippen molar-refractivity contribution in [1.29, 1.82) is 0 Å². The lowest BCUT2D eigenvalue weighted by Gasteiger charge is -2.30. The minimum atomic E-state index is -0.673. The first kappa shape index (κ1) is 22.5. The van der Waals surface area contributed by atoms with E-state index >= 15 is 0 Å². The van der Waals surface area contributed by atoms with E-state index in [-0.39, 0.29) is 16.1 Å². The molecule has 0 bridgehead atoms. The van der Waals surface area contributed by atoms with Crippen molar-refractivity contribution in [2.75, 3.05) is 6.54 Å². The van der Waals surface area contributed by atoms with E-state index in [1.165, 1.54) is 42.5 Å². The number of hydrazine groups is 1. The summed E-state index contributed by atoms with van der Waals surface area (Å²) in [5.41, 5.74) is 0.307. The predicted octanol–water partition coefficient (Wildman–Crippen LogP) is 4.84. The van der Waals surface area contributed by atoms with Crippen LogP contribution in [0.2, 0.25) is 15.1 Å². The minimum absolute atomic E-state index is 0.110. The molecule has 1 fully saturated rings. The lowest BCUT2D eigenvalue weighted by Crippen LogP contribution is -2.52. The van der Waals surface area contributed by atoms with Gasteiger partial charge in [0.05, 0.1) is 16.9 Å². The van der Waals surface area contributed by atoms with Gasteiger partial charge in [-0.15, -0.1) is 0 Å². The molecule has 0 saturated carbocycles. The third-order valence-corrected chi connectivity index (χ3v) is 6.38. The Morgan fingerprint density at radius 3 is 2.00 bits per heavy atom. The second kappa shape index (κ2) is 9.06. The molecule has 3 amide bonds. The van der Waals surface area contributed by atoms with E-state index in [9.17, 15) is 19.2 Å². The molecule has 164 valence electrons. The summed E-state index contributed by atoms with van der Waals surface area (Å²) in [6.45, 7) is -0.548. The lowest BCUT2D eigenvalue weighted by molar-refractivity contribution is -0.154. The topological polar surface area (TPSA) is 74.8 Å². The Kier molecular flexibility index (Phi) is 6.38. The van der Waals surface area contributed by atoms with E-state index in [4.69, 9.17) is 34.8 Å². The van der Waals surface area contributed by atoms with Gasteiger partial charge in [-0.2, -0.15) is 5.01 Å². The number of benzene rings is 2. The van der Waals surface area contributed by atoms with Crippen molar-refractivity contribution >= 4 is 58.3 Å². The average molecular weight is 492 g/mol. The molecule has 1 heterocycles. The smallest absolute Gasteiger partial charge is 0.273 e. The SMILES string of the molecule is O=C(CN(C(=O)c1ccc(Cl)cc1)N1C(=O)[C@H]2CC=CC[C@H]2C1=O)c1ccc(Cl)cc1Cl. The first-order valence-corrected chi connectivity index (χ1v) is 11.0. The summed E-state index contributed by atoms with van der Waals surface area (Å²) in [5, 5.41) is 2.60. The molecule has 0 aromatic heterocycles. The van der Waals surface area contributed by atoms with Crippen LogP contribution in [0, 0.1) is 11.8 Å². The zero-order valence-electron chi connectivity index (χ0n) is 16.6. The van der Waals surface area contributed by atoms with Crippen LogP contribution in [0.4, 0.5) is 0 Å². The average Bonchev–Trinajstić information content (AvgIpc) is 3.02. The fraction of sp³-hybridized carbons (Fsp3) is 0.217. The quantitative estimate of drug-likeness (QED) is 0.341. The van der Waals surface area contributed by atoms with E-state index in [0.717, 1.165) is 10.0 Å². The monoisotopic (exact) mass is 490 g/mol. The maximum absolute atomic E-state index is 13.4. The molecular weight excluding hydrogens is 475 g/mol. The summed E-state index contributed by atoms with van der Waals surface area (Å²) in [6.07, 6.45) is 4.51. The van der Waals surface area contributed by atoms with Crippen LogP contribution in [-0.4, -0.2) is 40.1 Å². The highest BCUT2D eigenvalue weighted by molar-refractivity contribution is 6.37. The molecule has 0 unspecified atom stereocenters. The number of Topliss-reactive ketones (excluding diaryl/α,β-unsaturated/α-hetero) is 1. The van der Waals surface area contributed by atoms with Gasteiger partial charge in [-0.1, -0.05) is 47.0 Å². The summed E-state index contributed by atoms with van der Waals surface area (Å²) in [7, 11) is 0. The first-order valence-electron chi connectivity index (χ1n) is 9.86. The lowest BCUT2D eigenvalue weighted by atomic mass is 9.85. The Bertz CT molecular complexity index is 1120. The molecule has 1 aliphatic heterocycles. The number of hydrogen-bond donors (Lipinski definition) is 0. The third kappa shape index (κ3) is 4.18. The number of rotatable bonds is 5. The van der Waals surface area contributed by atoms with Crippen LogP contribution in [0.25, 0.3) is 0 Å². The molecule has 0 radical (unpaired) electrons. The zero-order valence-corrected chi connectivity index (χ0v) is 18.9. The summed E-state index contributed by atoms with van der Waals surface area (Å²) in [5.74, 6) is -3.32. The Labute approximate surface area is 199 Å². The van der Waals surface area contributed by atoms with E-state index in [1.807, 2.05) is 12.2 Å². The first-order chi connectivity index (χ1) is 15.3. The number of nitrogens with zero attached hydrogens (tertiary/aromatic N) is 2. The van der Waals surface area contributed by atoms with Crippen molar-refractivity contribution in [3.8, 4) is 0 Å². The van der Waals surface area contributed by atoms with Crippen LogP contribution in [0.3, 0.4) is 0 Å². The summed E-state index contributed by atoms with van der Waals surface area (Å²) in [4.78, 5) is 52.6. The van der Waals surface area contributed by atoms with Crippen LogP contribution < -0.4 is 0 Å². The molecule has 1 aliphatic carbocycles. The maximum Gasteiger partial charge on any atom is 0.273 e. The van der Waals surface area contributed by atoms with Crippen LogP contribution in [0.1, 0.15) is 33.6 Å². The fourth-order valence-corrected chi connectivity index (χ4v) is 4.57. The minimum Gasteiger partial charge on any atom is -0.292 e. The van der Waals surface area contributed by atoms with Gasteiger partial charge >= 0.3 is 0 Å². The van der Waals surface area contributed by atoms with Gasteiger partial charge < -0.3 is 0 Å². The zero-order chi connectivity index (χ0) is 23.0. The van der Waals surface area contributed by atoms with Crippen LogP contribution in [0.15, 0.2) is 54.6 Å². The van der Waals surface area contributed by atoms with Gasteiger partial charge in [0.2, 0.25) is 0 Å². The molecule has 2 aromatic carbocycles. The number of halogens is 3. The predicted molar refractivity (Wildman–Crippen MR) is 120 cm³/mol. The van der Waals surface area contributed by atoms with Crippen molar-refractivity contribution in [1.82, 2.24) is 10.0 Å². The third-order valence-electron chi connectivity index (χ3n) is 5.58. The number of fused-ring (bicyclic) bond motifs is 1. The maximum atomic E-state index is 13.4. The van der Waals surface area contributed by atoms with Crippen molar-refractivity contribution in [2.45, 2.75) is 12.8 Å². The Morgan fingerprint density at radius 1 is 0.875 bits per heavy atom. The number of hydrogen-bond acceptors (Lipinski definition) is 4. The van der Waals surface area contributed by atoms with Gasteiger partial charge in [-0.25, -0.2) is 5.01 Å². The normalized spacial score (nSPS) is 19.8. The molecule has 2 aliphatic rings. The molecule has 2 aromatic rings. The highest BCUT2D eigenvalue weighted by atomic mass is 35.5. The van der Waals surface area contributed by atoms with E-state index in [1.54, 1.807) is 0 Å². The Hall–Kier alpha value is -2.67. The molecule has 4 rings (SSSR count). The van der Waals surface area contributed by atoms with Crippen molar-refractivity contribution in [3.05, 3.63) is 80.8 Å². The van der Waals surface area contributed by atoms with Gasteiger partial charge in [-0.05, 0) is 55.3 Å². The molecule has 9 heteroatoms. The second-order valence-electron chi connectivity index (χ2n) is 7.56. The van der Waals surface area contributed by atoms with Gasteiger partial charge in [0, 0.05) is 21.2 Å². The molecule has 1 saturated heterocycles. The standard InChI is InChI=1S/C23H17Cl3N2O4/c24-14-7-5-13(6-8-14)21(30)27(12-20(29)18-10-9-15(25)11-19(18)26)28-22(31)16-3-1-2-4-17(16)23(28)32/h1-2,5-11,16-17H,3-4,12H2/t16-,17+.